The van der Waals surface area contributed by atoms with Crippen LogP contribution in [0, 0.1) is 12.7 Å². The van der Waals surface area contributed by atoms with E-state index in [4.69, 9.17) is 11.6 Å². The lowest BCUT2D eigenvalue weighted by molar-refractivity contribution is 0.626. The zero-order chi connectivity index (χ0) is 11.5. The summed E-state index contributed by atoms with van der Waals surface area (Å²) in [6.45, 7) is 2.00. The minimum Gasteiger partial charge on any atom is -0.261 e. The molecule has 0 fully saturated rings. The number of rotatable bonds is 2. The number of hydrogen-bond donors (Lipinski definition) is 0. The van der Waals surface area contributed by atoms with Crippen molar-refractivity contribution in [2.24, 2.45) is 0 Å². The topological polar surface area (TPSA) is 12.9 Å². The van der Waals surface area contributed by atoms with Crippen LogP contribution in [-0.2, 0) is 6.42 Å². The van der Waals surface area contributed by atoms with E-state index in [0.717, 1.165) is 16.8 Å². The van der Waals surface area contributed by atoms with Gasteiger partial charge in [-0.2, -0.15) is 0 Å². The summed E-state index contributed by atoms with van der Waals surface area (Å²) in [6.07, 6.45) is 2.35. The largest absolute Gasteiger partial charge is 0.261 e. The summed E-state index contributed by atoms with van der Waals surface area (Å²) in [5.41, 5.74) is 2.90. The van der Waals surface area contributed by atoms with E-state index in [9.17, 15) is 4.39 Å². The molecule has 1 nitrogen and oxygen atoms in total. The zero-order valence-electron chi connectivity index (χ0n) is 8.87. The summed E-state index contributed by atoms with van der Waals surface area (Å²) < 4.78 is 13.1. The Bertz CT molecular complexity index is 491. The first-order valence-corrected chi connectivity index (χ1v) is 5.38. The predicted octanol–water partition coefficient (Wildman–Crippen LogP) is 3.77. The minimum absolute atomic E-state index is 0.310. The van der Waals surface area contributed by atoms with E-state index < -0.39 is 0 Å². The van der Waals surface area contributed by atoms with Crippen molar-refractivity contribution in [1.82, 2.24) is 4.98 Å². The van der Waals surface area contributed by atoms with Crippen molar-refractivity contribution in [3.05, 3.63) is 64.2 Å². The molecular weight excluding hydrogens is 225 g/mol. The smallest absolute Gasteiger partial charge is 0.124 e. The lowest BCUT2D eigenvalue weighted by Gasteiger charge is -2.03. The maximum Gasteiger partial charge on any atom is 0.124 e. The maximum absolute atomic E-state index is 13.1. The number of aryl methyl sites for hydroxylation is 1. The van der Waals surface area contributed by atoms with Crippen molar-refractivity contribution in [1.29, 1.82) is 0 Å². The average Bonchev–Trinajstić information content (AvgIpc) is 2.15. The second-order valence-corrected chi connectivity index (χ2v) is 4.22. The highest BCUT2D eigenvalue weighted by Crippen LogP contribution is 2.16. The van der Waals surface area contributed by atoms with Gasteiger partial charge in [-0.1, -0.05) is 11.6 Å². The molecule has 0 saturated heterocycles. The van der Waals surface area contributed by atoms with Gasteiger partial charge in [-0.05, 0) is 48.4 Å². The van der Waals surface area contributed by atoms with Gasteiger partial charge in [-0.15, -0.1) is 0 Å². The third-order valence-corrected chi connectivity index (χ3v) is 2.50. The molecule has 1 heterocycles. The van der Waals surface area contributed by atoms with Gasteiger partial charge >= 0.3 is 0 Å². The van der Waals surface area contributed by atoms with Crippen LogP contribution in [0.5, 0.6) is 0 Å². The van der Waals surface area contributed by atoms with Crippen LogP contribution < -0.4 is 0 Å². The third-order valence-electron chi connectivity index (χ3n) is 2.28. The Morgan fingerprint density at radius 2 is 2.06 bits per heavy atom. The van der Waals surface area contributed by atoms with Crippen molar-refractivity contribution in [2.75, 3.05) is 0 Å². The van der Waals surface area contributed by atoms with Gasteiger partial charge in [-0.3, -0.25) is 4.98 Å². The molecule has 2 rings (SSSR count). The van der Waals surface area contributed by atoms with Gasteiger partial charge in [0.1, 0.15) is 5.82 Å². The molecule has 0 unspecified atom stereocenters. The molecule has 0 aliphatic heterocycles. The van der Waals surface area contributed by atoms with Crippen molar-refractivity contribution in [2.45, 2.75) is 13.3 Å². The van der Waals surface area contributed by atoms with Gasteiger partial charge in [0.2, 0.25) is 0 Å². The van der Waals surface area contributed by atoms with E-state index in [1.807, 2.05) is 19.1 Å². The molecule has 1 aromatic heterocycles. The van der Waals surface area contributed by atoms with Crippen molar-refractivity contribution in [3.63, 3.8) is 0 Å². The van der Waals surface area contributed by atoms with Gasteiger partial charge in [0.15, 0.2) is 0 Å². The molecule has 2 aromatic rings. The van der Waals surface area contributed by atoms with Crippen LogP contribution in [0.2, 0.25) is 5.02 Å². The molecule has 0 atom stereocenters. The normalized spacial score (nSPS) is 10.4. The predicted molar refractivity (Wildman–Crippen MR) is 63.2 cm³/mol. The van der Waals surface area contributed by atoms with Crippen LogP contribution >= 0.6 is 11.6 Å². The molecule has 0 radical (unpaired) electrons. The summed E-state index contributed by atoms with van der Waals surface area (Å²) in [7, 11) is 0. The van der Waals surface area contributed by atoms with Crippen LogP contribution in [0.25, 0.3) is 0 Å². The first-order chi connectivity index (χ1) is 7.63. The molecule has 1 aromatic carbocycles. The number of pyridine rings is 1. The monoisotopic (exact) mass is 235 g/mol. The Kier molecular flexibility index (Phi) is 3.20. The van der Waals surface area contributed by atoms with Crippen molar-refractivity contribution < 1.29 is 4.39 Å². The molecule has 0 aliphatic carbocycles. The van der Waals surface area contributed by atoms with Crippen LogP contribution in [0.15, 0.2) is 36.5 Å². The Morgan fingerprint density at radius 1 is 1.25 bits per heavy atom. The fraction of sp³-hybridized carbons (Fsp3) is 0.154. The number of benzene rings is 1. The molecule has 0 spiro atoms. The van der Waals surface area contributed by atoms with E-state index in [0.29, 0.717) is 11.4 Å². The van der Waals surface area contributed by atoms with Crippen LogP contribution in [0.4, 0.5) is 4.39 Å². The van der Waals surface area contributed by atoms with E-state index in [1.54, 1.807) is 12.3 Å². The highest BCUT2D eigenvalue weighted by Gasteiger charge is 2.02. The molecule has 0 saturated carbocycles. The molecular formula is C13H11ClFN. The summed E-state index contributed by atoms with van der Waals surface area (Å²) in [5, 5.41) is 0.419. The summed E-state index contributed by atoms with van der Waals surface area (Å²) in [5.74, 6) is -0.310. The number of nitrogens with zero attached hydrogens (tertiary/aromatic N) is 1. The standard InChI is InChI=1S/C13H11ClFN/c1-9-2-3-16-13(4-9)7-10-5-11(14)8-12(15)6-10/h2-6,8H,7H2,1H3. The molecule has 0 N–H and O–H groups in total. The molecule has 82 valence electrons. The number of hydrogen-bond acceptors (Lipinski definition) is 1. The maximum atomic E-state index is 13.1. The first-order valence-electron chi connectivity index (χ1n) is 5.00. The highest BCUT2D eigenvalue weighted by atomic mass is 35.5. The van der Waals surface area contributed by atoms with E-state index in [-0.39, 0.29) is 5.82 Å². The minimum atomic E-state index is -0.310. The Balaban J connectivity index is 2.27. The van der Waals surface area contributed by atoms with E-state index in [2.05, 4.69) is 4.98 Å². The Hall–Kier alpha value is -1.41. The first kappa shape index (κ1) is 11.1. The van der Waals surface area contributed by atoms with Gasteiger partial charge in [-0.25, -0.2) is 4.39 Å². The van der Waals surface area contributed by atoms with Gasteiger partial charge < -0.3 is 0 Å². The van der Waals surface area contributed by atoms with Crippen molar-refractivity contribution in [3.8, 4) is 0 Å². The molecule has 3 heteroatoms. The van der Waals surface area contributed by atoms with Crippen LogP contribution in [0.1, 0.15) is 16.8 Å². The highest BCUT2D eigenvalue weighted by molar-refractivity contribution is 6.30. The molecule has 0 aliphatic rings. The molecule has 16 heavy (non-hydrogen) atoms. The number of aromatic nitrogens is 1. The fourth-order valence-electron chi connectivity index (χ4n) is 1.62. The molecule has 0 amide bonds. The van der Waals surface area contributed by atoms with E-state index >= 15 is 0 Å². The second kappa shape index (κ2) is 4.62. The molecule has 0 bridgehead atoms. The number of halogens is 2. The Morgan fingerprint density at radius 3 is 2.75 bits per heavy atom. The fourth-order valence-corrected chi connectivity index (χ4v) is 1.86. The summed E-state index contributed by atoms with van der Waals surface area (Å²) >= 11 is 5.79. The van der Waals surface area contributed by atoms with Crippen LogP contribution in [-0.4, -0.2) is 4.98 Å². The van der Waals surface area contributed by atoms with Gasteiger partial charge in [0, 0.05) is 23.3 Å². The zero-order valence-corrected chi connectivity index (χ0v) is 9.63. The van der Waals surface area contributed by atoms with E-state index in [1.165, 1.54) is 12.1 Å². The average molecular weight is 236 g/mol. The second-order valence-electron chi connectivity index (χ2n) is 3.78. The third kappa shape index (κ3) is 2.80. The van der Waals surface area contributed by atoms with Gasteiger partial charge in [0.25, 0.3) is 0 Å². The Labute approximate surface area is 98.9 Å². The summed E-state index contributed by atoms with van der Waals surface area (Å²) in [6, 6.07) is 8.46. The van der Waals surface area contributed by atoms with Crippen molar-refractivity contribution >= 4 is 11.6 Å². The SMILES string of the molecule is Cc1ccnc(Cc2cc(F)cc(Cl)c2)c1. The lowest BCUT2D eigenvalue weighted by Crippen LogP contribution is -1.93. The summed E-state index contributed by atoms with van der Waals surface area (Å²) in [4.78, 5) is 4.23. The van der Waals surface area contributed by atoms with Gasteiger partial charge in [0.05, 0.1) is 0 Å². The quantitative estimate of drug-likeness (QED) is 0.772. The lowest BCUT2D eigenvalue weighted by atomic mass is 10.1. The van der Waals surface area contributed by atoms with Crippen LogP contribution in [0.3, 0.4) is 0 Å².